The molecule has 144 valence electrons. The number of rotatable bonds is 11. The topological polar surface area (TPSA) is 239 Å². The van der Waals surface area contributed by atoms with E-state index in [4.69, 9.17) is 20.4 Å². The van der Waals surface area contributed by atoms with Crippen LogP contribution in [0.3, 0.4) is 0 Å². The Morgan fingerprint density at radius 2 is 1.40 bits per heavy atom. The van der Waals surface area contributed by atoms with Gasteiger partial charge in [-0.25, -0.2) is 9.59 Å². The maximum atomic E-state index is 11.5. The predicted octanol–water partition coefficient (Wildman–Crippen LogP) is -6.09. The maximum Gasteiger partial charge on any atom is 0.378 e. The molecule has 8 N–H and O–H groups in total. The van der Waals surface area contributed by atoms with Crippen molar-refractivity contribution in [1.82, 2.24) is 0 Å². The lowest BCUT2D eigenvalue weighted by Crippen LogP contribution is -2.51. The van der Waals surface area contributed by atoms with Gasteiger partial charge >= 0.3 is 11.9 Å². The minimum atomic E-state index is -2.55. The molecule has 7 atom stereocenters. The molecule has 0 rings (SSSR count). The fourth-order valence-corrected chi connectivity index (χ4v) is 1.48. The van der Waals surface area contributed by atoms with E-state index in [1.807, 2.05) is 0 Å². The molecular weight excluding hydrogens is 352 g/mol. The Bertz CT molecular complexity index is 491. The predicted molar refractivity (Wildman–Crippen MR) is 71.7 cm³/mol. The van der Waals surface area contributed by atoms with Gasteiger partial charge in [-0.05, 0) is 0 Å². The first-order valence-electron chi connectivity index (χ1n) is 6.61. The van der Waals surface area contributed by atoms with E-state index in [1.54, 1.807) is 0 Å². The molecule has 0 aliphatic carbocycles. The molecule has 0 bridgehead atoms. The molecule has 0 heterocycles. The van der Waals surface area contributed by atoms with Crippen LogP contribution in [0.2, 0.25) is 0 Å². The van der Waals surface area contributed by atoms with E-state index >= 15 is 0 Å². The lowest BCUT2D eigenvalue weighted by atomic mass is 10.0. The third-order valence-electron chi connectivity index (χ3n) is 3.01. The molecular formula is C12H18O13. The van der Waals surface area contributed by atoms with Crippen molar-refractivity contribution in [2.45, 2.75) is 42.7 Å². The van der Waals surface area contributed by atoms with E-state index in [9.17, 15) is 39.6 Å². The average molecular weight is 370 g/mol. The molecule has 0 unspecified atom stereocenters. The number of carbonyl (C=O) groups is 4. The number of aldehydes is 1. The molecule has 0 fully saturated rings. The number of aliphatic hydroxyl groups excluding tert-OH is 7. The highest BCUT2D eigenvalue weighted by Gasteiger charge is 2.40. The van der Waals surface area contributed by atoms with Crippen molar-refractivity contribution in [2.75, 3.05) is 6.61 Å². The summed E-state index contributed by atoms with van der Waals surface area (Å²) in [7, 11) is 0. The van der Waals surface area contributed by atoms with Gasteiger partial charge in [-0.1, -0.05) is 0 Å². The largest absolute Gasteiger partial charge is 0.479 e. The van der Waals surface area contributed by atoms with Gasteiger partial charge in [0.2, 0.25) is 0 Å². The molecule has 0 saturated heterocycles. The van der Waals surface area contributed by atoms with Crippen molar-refractivity contribution in [2.24, 2.45) is 0 Å². The quantitative estimate of drug-likeness (QED) is 0.0960. The number of hydrogen-bond donors (Lipinski definition) is 8. The molecule has 0 aliphatic rings. The summed E-state index contributed by atoms with van der Waals surface area (Å²) in [5.74, 6) is -5.81. The third kappa shape index (κ3) is 6.09. The Morgan fingerprint density at radius 3 is 1.80 bits per heavy atom. The van der Waals surface area contributed by atoms with Crippen LogP contribution in [0, 0.1) is 0 Å². The van der Waals surface area contributed by atoms with Gasteiger partial charge in [-0.3, -0.25) is 9.59 Å². The number of aliphatic carboxylic acids is 1. The number of esters is 1. The second kappa shape index (κ2) is 10.1. The lowest BCUT2D eigenvalue weighted by Gasteiger charge is -2.25. The molecule has 0 radical (unpaired) electrons. The number of carbonyl (C=O) groups excluding carboxylic acids is 3. The number of ether oxygens (including phenoxy) is 1. The Balaban J connectivity index is 5.01. The van der Waals surface area contributed by atoms with E-state index in [-0.39, 0.29) is 6.29 Å². The average Bonchev–Trinajstić information content (AvgIpc) is 2.60. The summed E-state index contributed by atoms with van der Waals surface area (Å²) >= 11 is 0. The van der Waals surface area contributed by atoms with Gasteiger partial charge < -0.3 is 45.6 Å². The van der Waals surface area contributed by atoms with Crippen LogP contribution in [-0.2, 0) is 23.9 Å². The Morgan fingerprint density at radius 1 is 0.880 bits per heavy atom. The second-order valence-corrected chi connectivity index (χ2v) is 4.82. The molecule has 13 nitrogen and oxygen atoms in total. The van der Waals surface area contributed by atoms with E-state index in [0.717, 1.165) is 0 Å². The molecule has 0 saturated carbocycles. The summed E-state index contributed by atoms with van der Waals surface area (Å²) in [5, 5.41) is 72.6. The zero-order chi connectivity index (χ0) is 19.9. The monoisotopic (exact) mass is 370 g/mol. The third-order valence-corrected chi connectivity index (χ3v) is 3.01. The highest BCUT2D eigenvalue weighted by molar-refractivity contribution is 6.35. The summed E-state index contributed by atoms with van der Waals surface area (Å²) in [5.41, 5.74) is 0. The van der Waals surface area contributed by atoms with Crippen LogP contribution in [-0.4, -0.2) is 114 Å². The molecule has 13 heteroatoms. The van der Waals surface area contributed by atoms with Crippen LogP contribution >= 0.6 is 0 Å². The Labute approximate surface area is 139 Å². The lowest BCUT2D eigenvalue weighted by molar-refractivity contribution is -0.179. The Kier molecular flexibility index (Phi) is 9.29. The molecule has 0 aromatic rings. The highest BCUT2D eigenvalue weighted by Crippen LogP contribution is 2.10. The number of ketones is 1. The smallest absolute Gasteiger partial charge is 0.378 e. The van der Waals surface area contributed by atoms with Gasteiger partial charge in [0.05, 0.1) is 6.61 Å². The van der Waals surface area contributed by atoms with Crippen molar-refractivity contribution < 1.29 is 64.8 Å². The highest BCUT2D eigenvalue weighted by atomic mass is 16.6. The SMILES string of the molecule is O=C[C@H](OC(=O)C(=O)[C@@H](O)[C@H](O)[C@H](O)CO)[C@H](O)[C@@H](O)[C@H](O)C(=O)O. The first-order valence-corrected chi connectivity index (χ1v) is 6.61. The maximum absolute atomic E-state index is 11.5. The van der Waals surface area contributed by atoms with Crippen molar-refractivity contribution in [1.29, 1.82) is 0 Å². The number of hydrogen-bond acceptors (Lipinski definition) is 12. The molecule has 0 aromatic heterocycles. The van der Waals surface area contributed by atoms with Gasteiger partial charge in [0.25, 0.3) is 5.78 Å². The number of Topliss-reactive ketones (excluding diaryl/α,β-unsaturated/α-hetero) is 1. The van der Waals surface area contributed by atoms with Gasteiger partial charge in [0.1, 0.15) is 24.4 Å². The van der Waals surface area contributed by atoms with Gasteiger partial charge in [0, 0.05) is 0 Å². The van der Waals surface area contributed by atoms with Crippen LogP contribution < -0.4 is 0 Å². The number of aliphatic hydroxyl groups is 7. The van der Waals surface area contributed by atoms with Crippen molar-refractivity contribution in [3.8, 4) is 0 Å². The zero-order valence-corrected chi connectivity index (χ0v) is 12.4. The van der Waals surface area contributed by atoms with Gasteiger partial charge in [-0.2, -0.15) is 0 Å². The van der Waals surface area contributed by atoms with E-state index in [2.05, 4.69) is 4.74 Å². The van der Waals surface area contributed by atoms with Crippen molar-refractivity contribution in [3.05, 3.63) is 0 Å². The summed E-state index contributed by atoms with van der Waals surface area (Å²) in [4.78, 5) is 44.2. The standard InChI is InChI=1S/C12H18O13/c13-1-3(15)5(16)7(18)10(21)12(24)25-4(2-14)6(17)8(19)9(20)11(22)23/h2-9,13,15-20H,1H2,(H,22,23)/t3-,4+,5-,6+,7+,8-,9+/m1/s1. The second-order valence-electron chi connectivity index (χ2n) is 4.82. The normalized spacial score (nSPS) is 19.6. The molecule has 0 aromatic carbocycles. The Hall–Kier alpha value is -2.00. The molecule has 0 spiro atoms. The summed E-state index contributed by atoms with van der Waals surface area (Å²) < 4.78 is 4.17. The zero-order valence-electron chi connectivity index (χ0n) is 12.4. The van der Waals surface area contributed by atoms with E-state index < -0.39 is 67.1 Å². The van der Waals surface area contributed by atoms with Crippen molar-refractivity contribution in [3.63, 3.8) is 0 Å². The first-order chi connectivity index (χ1) is 11.5. The van der Waals surface area contributed by atoms with Gasteiger partial charge in [0.15, 0.2) is 24.6 Å². The first kappa shape index (κ1) is 23.0. The number of carboxylic acid groups (broad SMARTS) is 1. The molecule has 0 amide bonds. The summed E-state index contributed by atoms with van der Waals surface area (Å²) in [6, 6.07) is 0. The summed E-state index contributed by atoms with van der Waals surface area (Å²) in [6.45, 7) is -1.06. The fourth-order valence-electron chi connectivity index (χ4n) is 1.48. The van der Waals surface area contributed by atoms with Crippen LogP contribution in [0.5, 0.6) is 0 Å². The minimum absolute atomic E-state index is 0.293. The van der Waals surface area contributed by atoms with Gasteiger partial charge in [-0.15, -0.1) is 0 Å². The van der Waals surface area contributed by atoms with Crippen LogP contribution in [0.15, 0.2) is 0 Å². The molecule has 0 aliphatic heterocycles. The van der Waals surface area contributed by atoms with Crippen LogP contribution in [0.1, 0.15) is 0 Å². The van der Waals surface area contributed by atoms with E-state index in [1.165, 1.54) is 0 Å². The van der Waals surface area contributed by atoms with Crippen LogP contribution in [0.25, 0.3) is 0 Å². The summed E-state index contributed by atoms with van der Waals surface area (Å²) in [6.07, 6.45) is -16.8. The van der Waals surface area contributed by atoms with Crippen molar-refractivity contribution >= 4 is 24.0 Å². The fraction of sp³-hybridized carbons (Fsp3) is 0.667. The minimum Gasteiger partial charge on any atom is -0.479 e. The van der Waals surface area contributed by atoms with Crippen LogP contribution in [0.4, 0.5) is 0 Å². The molecule has 25 heavy (non-hydrogen) atoms. The number of carboxylic acids is 1. The van der Waals surface area contributed by atoms with E-state index in [0.29, 0.717) is 0 Å².